The second kappa shape index (κ2) is 8.43. The SMILES string of the molecule is CCCCOC(=O)c1cc(-c2ccccc2)c2c(c1-c1ccccc1)CCC2. The second-order valence-corrected chi connectivity index (χ2v) is 7.38. The Hall–Kier alpha value is -2.87. The van der Waals surface area contributed by atoms with Gasteiger partial charge < -0.3 is 4.74 Å². The first-order chi connectivity index (χ1) is 13.8. The van der Waals surface area contributed by atoms with E-state index in [1.165, 1.54) is 22.3 Å². The van der Waals surface area contributed by atoms with Crippen LogP contribution in [0.1, 0.15) is 47.7 Å². The molecule has 1 aliphatic carbocycles. The van der Waals surface area contributed by atoms with Crippen molar-refractivity contribution in [1.29, 1.82) is 0 Å². The Bertz CT molecular complexity index is 959. The molecule has 0 fully saturated rings. The minimum atomic E-state index is -0.209. The molecule has 0 radical (unpaired) electrons. The molecule has 0 saturated carbocycles. The van der Waals surface area contributed by atoms with Gasteiger partial charge in [-0.2, -0.15) is 0 Å². The molecule has 0 bridgehead atoms. The summed E-state index contributed by atoms with van der Waals surface area (Å²) in [5, 5.41) is 0. The van der Waals surface area contributed by atoms with Crippen molar-refractivity contribution in [2.24, 2.45) is 0 Å². The number of rotatable bonds is 6. The molecule has 0 heterocycles. The van der Waals surface area contributed by atoms with Gasteiger partial charge in [0.25, 0.3) is 0 Å². The monoisotopic (exact) mass is 370 g/mol. The Labute approximate surface area is 167 Å². The minimum absolute atomic E-state index is 0.209. The number of hydrogen-bond acceptors (Lipinski definition) is 2. The molecule has 0 aromatic heterocycles. The van der Waals surface area contributed by atoms with Gasteiger partial charge in [-0.15, -0.1) is 0 Å². The Kier molecular flexibility index (Phi) is 5.57. The highest BCUT2D eigenvalue weighted by atomic mass is 16.5. The van der Waals surface area contributed by atoms with Crippen molar-refractivity contribution < 1.29 is 9.53 Å². The van der Waals surface area contributed by atoms with Crippen molar-refractivity contribution in [3.63, 3.8) is 0 Å². The van der Waals surface area contributed by atoms with Gasteiger partial charge in [-0.1, -0.05) is 74.0 Å². The smallest absolute Gasteiger partial charge is 0.338 e. The van der Waals surface area contributed by atoms with E-state index in [0.29, 0.717) is 12.2 Å². The van der Waals surface area contributed by atoms with E-state index in [-0.39, 0.29) is 5.97 Å². The highest BCUT2D eigenvalue weighted by Gasteiger charge is 2.26. The summed E-state index contributed by atoms with van der Waals surface area (Å²) in [6.07, 6.45) is 5.10. The van der Waals surface area contributed by atoms with Crippen LogP contribution in [0.15, 0.2) is 66.7 Å². The van der Waals surface area contributed by atoms with Crippen LogP contribution in [0.2, 0.25) is 0 Å². The van der Waals surface area contributed by atoms with Crippen molar-refractivity contribution >= 4 is 5.97 Å². The average molecular weight is 370 g/mol. The number of unbranched alkanes of at least 4 members (excludes halogenated alkanes) is 1. The lowest BCUT2D eigenvalue weighted by Gasteiger charge is -2.18. The van der Waals surface area contributed by atoms with Crippen molar-refractivity contribution in [2.45, 2.75) is 39.0 Å². The molecule has 0 amide bonds. The number of carbonyl (C=O) groups is 1. The summed E-state index contributed by atoms with van der Waals surface area (Å²) in [5.41, 5.74) is 7.90. The molecule has 0 unspecified atom stereocenters. The third kappa shape index (κ3) is 3.60. The van der Waals surface area contributed by atoms with Gasteiger partial charge in [0.2, 0.25) is 0 Å². The Morgan fingerprint density at radius 1 is 0.893 bits per heavy atom. The van der Waals surface area contributed by atoms with Crippen molar-refractivity contribution in [3.8, 4) is 22.3 Å². The molecule has 3 aromatic carbocycles. The first kappa shape index (κ1) is 18.5. The first-order valence-electron chi connectivity index (χ1n) is 10.3. The van der Waals surface area contributed by atoms with Gasteiger partial charge in [0.1, 0.15) is 0 Å². The molecule has 2 heteroatoms. The van der Waals surface area contributed by atoms with Gasteiger partial charge in [-0.25, -0.2) is 4.79 Å². The maximum atomic E-state index is 13.1. The van der Waals surface area contributed by atoms with Crippen LogP contribution in [-0.2, 0) is 17.6 Å². The van der Waals surface area contributed by atoms with Gasteiger partial charge in [-0.3, -0.25) is 0 Å². The summed E-state index contributed by atoms with van der Waals surface area (Å²) in [4.78, 5) is 13.1. The number of ether oxygens (including phenoxy) is 1. The van der Waals surface area contributed by atoms with Crippen LogP contribution in [0.4, 0.5) is 0 Å². The van der Waals surface area contributed by atoms with Gasteiger partial charge in [0.15, 0.2) is 0 Å². The molecule has 0 spiro atoms. The molecular weight excluding hydrogens is 344 g/mol. The quantitative estimate of drug-likeness (QED) is 0.367. The predicted molar refractivity (Wildman–Crippen MR) is 115 cm³/mol. The van der Waals surface area contributed by atoms with Gasteiger partial charge in [0.05, 0.1) is 12.2 Å². The van der Waals surface area contributed by atoms with Gasteiger partial charge >= 0.3 is 5.97 Å². The highest BCUT2D eigenvalue weighted by molar-refractivity contribution is 6.01. The minimum Gasteiger partial charge on any atom is -0.462 e. The fourth-order valence-corrected chi connectivity index (χ4v) is 4.14. The van der Waals surface area contributed by atoms with E-state index in [9.17, 15) is 4.79 Å². The lowest BCUT2D eigenvalue weighted by atomic mass is 9.87. The lowest BCUT2D eigenvalue weighted by Crippen LogP contribution is -2.10. The van der Waals surface area contributed by atoms with E-state index >= 15 is 0 Å². The lowest BCUT2D eigenvalue weighted by molar-refractivity contribution is 0.0500. The topological polar surface area (TPSA) is 26.3 Å². The standard InChI is InChI=1S/C26H26O2/c1-2-3-17-28-26(27)24-18-23(19-11-6-4-7-12-19)21-15-10-16-22(21)25(24)20-13-8-5-9-14-20/h4-9,11-14,18H,2-3,10,15-17H2,1H3. The summed E-state index contributed by atoms with van der Waals surface area (Å²) < 4.78 is 5.64. The second-order valence-electron chi connectivity index (χ2n) is 7.38. The zero-order chi connectivity index (χ0) is 19.3. The molecule has 4 rings (SSSR count). The maximum Gasteiger partial charge on any atom is 0.338 e. The number of fused-ring (bicyclic) bond motifs is 1. The molecule has 0 saturated heterocycles. The Morgan fingerprint density at radius 3 is 2.21 bits per heavy atom. The predicted octanol–water partition coefficient (Wildman–Crippen LogP) is 6.47. The van der Waals surface area contributed by atoms with E-state index in [1.807, 2.05) is 24.3 Å². The molecule has 28 heavy (non-hydrogen) atoms. The normalized spacial score (nSPS) is 12.6. The summed E-state index contributed by atoms with van der Waals surface area (Å²) >= 11 is 0. The third-order valence-corrected chi connectivity index (χ3v) is 5.50. The molecule has 0 atom stereocenters. The van der Waals surface area contributed by atoms with E-state index in [4.69, 9.17) is 4.74 Å². The largest absolute Gasteiger partial charge is 0.462 e. The van der Waals surface area contributed by atoms with Gasteiger partial charge in [0, 0.05) is 0 Å². The van der Waals surface area contributed by atoms with E-state index in [0.717, 1.165) is 43.2 Å². The van der Waals surface area contributed by atoms with Crippen LogP contribution in [0, 0.1) is 0 Å². The summed E-state index contributed by atoms with van der Waals surface area (Å²) in [5.74, 6) is -0.209. The number of esters is 1. The van der Waals surface area contributed by atoms with Crippen LogP contribution >= 0.6 is 0 Å². The molecular formula is C26H26O2. The fourth-order valence-electron chi connectivity index (χ4n) is 4.14. The molecule has 0 N–H and O–H groups in total. The molecule has 3 aromatic rings. The first-order valence-corrected chi connectivity index (χ1v) is 10.3. The van der Waals surface area contributed by atoms with Crippen molar-refractivity contribution in [3.05, 3.63) is 83.4 Å². The third-order valence-electron chi connectivity index (χ3n) is 5.50. The van der Waals surface area contributed by atoms with Crippen LogP contribution in [0.3, 0.4) is 0 Å². The summed E-state index contributed by atoms with van der Waals surface area (Å²) in [6, 6.07) is 22.7. The van der Waals surface area contributed by atoms with Crippen LogP contribution in [-0.4, -0.2) is 12.6 Å². The van der Waals surface area contributed by atoms with Crippen LogP contribution in [0.25, 0.3) is 22.3 Å². The maximum absolute atomic E-state index is 13.1. The Morgan fingerprint density at radius 2 is 1.54 bits per heavy atom. The van der Waals surface area contributed by atoms with E-state index in [1.54, 1.807) is 0 Å². The van der Waals surface area contributed by atoms with Crippen LogP contribution in [0.5, 0.6) is 0 Å². The molecule has 142 valence electrons. The fraction of sp³-hybridized carbons (Fsp3) is 0.269. The van der Waals surface area contributed by atoms with Crippen molar-refractivity contribution in [1.82, 2.24) is 0 Å². The number of carbonyl (C=O) groups excluding carboxylic acids is 1. The zero-order valence-electron chi connectivity index (χ0n) is 16.4. The summed E-state index contributed by atoms with van der Waals surface area (Å²) in [6.45, 7) is 2.58. The van der Waals surface area contributed by atoms with Crippen LogP contribution < -0.4 is 0 Å². The highest BCUT2D eigenvalue weighted by Crippen LogP contribution is 2.41. The van der Waals surface area contributed by atoms with E-state index in [2.05, 4.69) is 49.4 Å². The van der Waals surface area contributed by atoms with Crippen molar-refractivity contribution in [2.75, 3.05) is 6.61 Å². The van der Waals surface area contributed by atoms with E-state index < -0.39 is 0 Å². The number of hydrogen-bond donors (Lipinski definition) is 0. The Balaban J connectivity index is 1.90. The zero-order valence-corrected chi connectivity index (χ0v) is 16.4. The molecule has 1 aliphatic rings. The summed E-state index contributed by atoms with van der Waals surface area (Å²) in [7, 11) is 0. The number of benzene rings is 3. The molecule has 2 nitrogen and oxygen atoms in total. The average Bonchev–Trinajstić information content (AvgIpc) is 3.23. The molecule has 0 aliphatic heterocycles. The van der Waals surface area contributed by atoms with Gasteiger partial charge in [-0.05, 0) is 65.1 Å².